The smallest absolute Gasteiger partial charge is 0.270 e. The number of hydrogen-bond acceptors (Lipinski definition) is 4. The van der Waals surface area contributed by atoms with Gasteiger partial charge in [0.2, 0.25) is 8.32 Å². The van der Waals surface area contributed by atoms with Crippen molar-refractivity contribution in [2.75, 3.05) is 0 Å². The van der Waals surface area contributed by atoms with Gasteiger partial charge in [0.25, 0.3) is 5.88 Å². The molecule has 1 aromatic carbocycles. The second-order valence-corrected chi connectivity index (χ2v) is 8.93. The van der Waals surface area contributed by atoms with Crippen LogP contribution in [0.25, 0.3) is 11.3 Å². The predicted octanol–water partition coefficient (Wildman–Crippen LogP) is 2.95. The van der Waals surface area contributed by atoms with Gasteiger partial charge in [-0.15, -0.1) is 0 Å². The lowest BCUT2D eigenvalue weighted by Gasteiger charge is -2.16. The maximum absolute atomic E-state index is 5.80. The average molecular weight is 234 g/mol. The molecule has 0 N–H and O–H groups in total. The zero-order valence-electron chi connectivity index (χ0n) is 9.60. The minimum atomic E-state index is -1.69. The Labute approximate surface area is 95.3 Å². The molecule has 5 heteroatoms. The number of hydrogen-bond donors (Lipinski definition) is 0. The zero-order valence-corrected chi connectivity index (χ0v) is 10.6. The van der Waals surface area contributed by atoms with Gasteiger partial charge in [-0.25, -0.2) is 4.63 Å². The third-order valence-electron chi connectivity index (χ3n) is 1.91. The van der Waals surface area contributed by atoms with Gasteiger partial charge in [-0.3, -0.25) is 0 Å². The fourth-order valence-electron chi connectivity index (χ4n) is 1.31. The SMILES string of the molecule is C[Si](C)(C)Oc1nonc1-c1ccccc1. The fraction of sp³-hybridized carbons (Fsp3) is 0.273. The van der Waals surface area contributed by atoms with E-state index in [1.54, 1.807) is 0 Å². The van der Waals surface area contributed by atoms with Crippen LogP contribution in [0.2, 0.25) is 19.6 Å². The van der Waals surface area contributed by atoms with Crippen LogP contribution in [0.3, 0.4) is 0 Å². The van der Waals surface area contributed by atoms with Crippen molar-refractivity contribution in [3.8, 4) is 17.1 Å². The number of nitrogens with zero attached hydrogens (tertiary/aromatic N) is 2. The van der Waals surface area contributed by atoms with E-state index in [1.807, 2.05) is 30.3 Å². The number of benzene rings is 1. The summed E-state index contributed by atoms with van der Waals surface area (Å²) in [5, 5.41) is 7.69. The van der Waals surface area contributed by atoms with Crippen LogP contribution in [0.15, 0.2) is 35.0 Å². The van der Waals surface area contributed by atoms with Gasteiger partial charge in [-0.2, -0.15) is 0 Å². The summed E-state index contributed by atoms with van der Waals surface area (Å²) in [7, 11) is -1.69. The second kappa shape index (κ2) is 4.09. The molecule has 2 rings (SSSR count). The molecule has 2 aromatic rings. The van der Waals surface area contributed by atoms with Gasteiger partial charge >= 0.3 is 0 Å². The lowest BCUT2D eigenvalue weighted by molar-refractivity contribution is 0.295. The van der Waals surface area contributed by atoms with Crippen LogP contribution < -0.4 is 4.43 Å². The summed E-state index contributed by atoms with van der Waals surface area (Å²) in [5.41, 5.74) is 1.63. The molecule has 0 aliphatic carbocycles. The lowest BCUT2D eigenvalue weighted by Crippen LogP contribution is -2.29. The van der Waals surface area contributed by atoms with Crippen molar-refractivity contribution in [2.24, 2.45) is 0 Å². The Kier molecular flexibility index (Phi) is 2.78. The molecule has 0 bridgehead atoms. The standard InChI is InChI=1S/C11H14N2O2Si/c1-16(2,3)14-11-10(12-15-13-11)9-7-5-4-6-8-9/h4-8H,1-3H3. The highest BCUT2D eigenvalue weighted by Gasteiger charge is 2.22. The average Bonchev–Trinajstić information content (AvgIpc) is 2.64. The summed E-state index contributed by atoms with van der Waals surface area (Å²) in [6.45, 7) is 6.28. The van der Waals surface area contributed by atoms with Crippen LogP contribution in [0.5, 0.6) is 5.88 Å². The fourth-order valence-corrected chi connectivity index (χ4v) is 2.02. The summed E-state index contributed by atoms with van der Waals surface area (Å²) < 4.78 is 10.5. The third-order valence-corrected chi connectivity index (χ3v) is 2.71. The molecule has 1 heterocycles. The Morgan fingerprint density at radius 3 is 2.38 bits per heavy atom. The van der Waals surface area contributed by atoms with E-state index < -0.39 is 8.32 Å². The van der Waals surface area contributed by atoms with E-state index in [-0.39, 0.29) is 0 Å². The van der Waals surface area contributed by atoms with Crippen molar-refractivity contribution < 1.29 is 9.06 Å². The van der Waals surface area contributed by atoms with E-state index >= 15 is 0 Å². The molecule has 84 valence electrons. The first-order chi connectivity index (χ1) is 7.56. The van der Waals surface area contributed by atoms with Crippen molar-refractivity contribution >= 4 is 8.32 Å². The van der Waals surface area contributed by atoms with Crippen LogP contribution in [0.1, 0.15) is 0 Å². The molecular formula is C11H14N2O2Si. The van der Waals surface area contributed by atoms with Crippen LogP contribution in [0.4, 0.5) is 0 Å². The summed E-state index contributed by atoms with van der Waals surface area (Å²) >= 11 is 0. The van der Waals surface area contributed by atoms with Gasteiger partial charge < -0.3 is 4.43 Å². The molecule has 0 atom stereocenters. The minimum Gasteiger partial charge on any atom is -0.528 e. The molecule has 0 saturated carbocycles. The summed E-state index contributed by atoms with van der Waals surface area (Å²) in [4.78, 5) is 0. The Morgan fingerprint density at radius 2 is 1.75 bits per heavy atom. The highest BCUT2D eigenvalue weighted by molar-refractivity contribution is 6.70. The van der Waals surface area contributed by atoms with E-state index in [4.69, 9.17) is 9.06 Å². The van der Waals surface area contributed by atoms with Crippen molar-refractivity contribution in [2.45, 2.75) is 19.6 Å². The van der Waals surface area contributed by atoms with Crippen LogP contribution in [-0.4, -0.2) is 18.6 Å². The van der Waals surface area contributed by atoms with E-state index in [9.17, 15) is 0 Å². The maximum Gasteiger partial charge on any atom is 0.270 e. The van der Waals surface area contributed by atoms with Crippen molar-refractivity contribution in [1.29, 1.82) is 0 Å². The Balaban J connectivity index is 2.33. The molecule has 4 nitrogen and oxygen atoms in total. The van der Waals surface area contributed by atoms with Gasteiger partial charge in [0.15, 0.2) is 5.69 Å². The van der Waals surface area contributed by atoms with E-state index in [2.05, 4.69) is 30.0 Å². The van der Waals surface area contributed by atoms with E-state index in [1.165, 1.54) is 0 Å². The van der Waals surface area contributed by atoms with Gasteiger partial charge in [-0.1, -0.05) is 30.3 Å². The molecule has 0 radical (unpaired) electrons. The van der Waals surface area contributed by atoms with Gasteiger partial charge in [-0.05, 0) is 30.0 Å². The topological polar surface area (TPSA) is 48.2 Å². The monoisotopic (exact) mass is 234 g/mol. The molecule has 0 amide bonds. The van der Waals surface area contributed by atoms with Crippen molar-refractivity contribution in [3.63, 3.8) is 0 Å². The van der Waals surface area contributed by atoms with E-state index in [0.717, 1.165) is 5.56 Å². The maximum atomic E-state index is 5.80. The summed E-state index contributed by atoms with van der Waals surface area (Å²) in [5.74, 6) is 0.491. The lowest BCUT2D eigenvalue weighted by atomic mass is 10.2. The second-order valence-electron chi connectivity index (χ2n) is 4.50. The molecule has 0 aliphatic rings. The molecule has 0 fully saturated rings. The molecular weight excluding hydrogens is 220 g/mol. The summed E-state index contributed by atoms with van der Waals surface area (Å²) in [6.07, 6.45) is 0. The quantitative estimate of drug-likeness (QED) is 0.766. The van der Waals surface area contributed by atoms with Crippen LogP contribution in [0, 0.1) is 0 Å². The Hall–Kier alpha value is -1.62. The predicted molar refractivity (Wildman–Crippen MR) is 63.7 cm³/mol. The van der Waals surface area contributed by atoms with E-state index in [0.29, 0.717) is 11.6 Å². The molecule has 0 spiro atoms. The highest BCUT2D eigenvalue weighted by atomic mass is 28.4. The highest BCUT2D eigenvalue weighted by Crippen LogP contribution is 2.27. The van der Waals surface area contributed by atoms with Crippen LogP contribution in [-0.2, 0) is 0 Å². The minimum absolute atomic E-state index is 0.491. The zero-order chi connectivity index (χ0) is 11.6. The third kappa shape index (κ3) is 2.49. The number of rotatable bonds is 3. The molecule has 1 aromatic heterocycles. The van der Waals surface area contributed by atoms with Gasteiger partial charge in [0.05, 0.1) is 0 Å². The Bertz CT molecular complexity index is 462. The normalized spacial score (nSPS) is 11.4. The van der Waals surface area contributed by atoms with Crippen molar-refractivity contribution in [1.82, 2.24) is 10.3 Å². The largest absolute Gasteiger partial charge is 0.528 e. The molecule has 0 unspecified atom stereocenters. The number of aromatic nitrogens is 2. The molecule has 0 saturated heterocycles. The van der Waals surface area contributed by atoms with Gasteiger partial charge in [0.1, 0.15) is 0 Å². The van der Waals surface area contributed by atoms with Gasteiger partial charge in [0, 0.05) is 5.56 Å². The first kappa shape index (κ1) is 10.9. The first-order valence-corrected chi connectivity index (χ1v) is 8.54. The summed E-state index contributed by atoms with van der Waals surface area (Å²) in [6, 6.07) is 9.76. The Morgan fingerprint density at radius 1 is 1.06 bits per heavy atom. The molecule has 0 aliphatic heterocycles. The molecule has 16 heavy (non-hydrogen) atoms. The first-order valence-electron chi connectivity index (χ1n) is 5.13. The van der Waals surface area contributed by atoms with Crippen LogP contribution >= 0.6 is 0 Å². The van der Waals surface area contributed by atoms with Crippen molar-refractivity contribution in [3.05, 3.63) is 30.3 Å².